The molecule has 0 bridgehead atoms. The van der Waals surface area contributed by atoms with Gasteiger partial charge in [-0.25, -0.2) is 0 Å². The van der Waals surface area contributed by atoms with E-state index in [1.807, 2.05) is 0 Å². The van der Waals surface area contributed by atoms with Crippen LogP contribution in [0.3, 0.4) is 0 Å². The topological polar surface area (TPSA) is 49.9 Å². The Morgan fingerprint density at radius 2 is 1.44 bits per heavy atom. The predicted octanol–water partition coefficient (Wildman–Crippen LogP) is 2.95. The molecule has 1 heterocycles. The van der Waals surface area contributed by atoms with Crippen LogP contribution in [0.4, 0.5) is 0 Å². The molecule has 0 aliphatic carbocycles. The van der Waals surface area contributed by atoms with Crippen LogP contribution < -0.4 is 4.74 Å². The standard InChI is InChI=1S/C19H19ClN2O3/c1-25-17-4-2-3-15(13-17)19(24)22-11-9-21(10-12-22)18(23)14-5-7-16(20)8-6-14/h2-8,13H,9-12H2,1H3. The molecule has 1 fully saturated rings. The summed E-state index contributed by atoms with van der Waals surface area (Å²) in [5.74, 6) is 0.574. The molecule has 0 unspecified atom stereocenters. The van der Waals surface area contributed by atoms with E-state index in [9.17, 15) is 9.59 Å². The highest BCUT2D eigenvalue weighted by molar-refractivity contribution is 6.30. The van der Waals surface area contributed by atoms with Crippen molar-refractivity contribution in [2.45, 2.75) is 0 Å². The molecule has 0 spiro atoms. The molecule has 5 nitrogen and oxygen atoms in total. The Kier molecular flexibility index (Phi) is 5.24. The van der Waals surface area contributed by atoms with Crippen molar-refractivity contribution in [1.29, 1.82) is 0 Å². The maximum atomic E-state index is 12.6. The lowest BCUT2D eigenvalue weighted by Gasteiger charge is -2.35. The van der Waals surface area contributed by atoms with Crippen LogP contribution in [-0.4, -0.2) is 54.9 Å². The van der Waals surface area contributed by atoms with Gasteiger partial charge in [-0.15, -0.1) is 0 Å². The molecule has 1 saturated heterocycles. The lowest BCUT2D eigenvalue weighted by molar-refractivity contribution is 0.0535. The number of nitrogens with zero attached hydrogens (tertiary/aromatic N) is 2. The number of carbonyl (C=O) groups is 2. The van der Waals surface area contributed by atoms with Crippen molar-refractivity contribution in [3.8, 4) is 5.75 Å². The zero-order valence-electron chi connectivity index (χ0n) is 13.9. The first-order valence-corrected chi connectivity index (χ1v) is 8.44. The van der Waals surface area contributed by atoms with Crippen molar-refractivity contribution in [3.63, 3.8) is 0 Å². The molecular weight excluding hydrogens is 340 g/mol. The lowest BCUT2D eigenvalue weighted by atomic mass is 10.1. The Hall–Kier alpha value is -2.53. The van der Waals surface area contributed by atoms with Crippen LogP contribution in [0.2, 0.25) is 5.02 Å². The van der Waals surface area contributed by atoms with Crippen LogP contribution in [0.1, 0.15) is 20.7 Å². The summed E-state index contributed by atoms with van der Waals surface area (Å²) >= 11 is 5.86. The lowest BCUT2D eigenvalue weighted by Crippen LogP contribution is -2.50. The van der Waals surface area contributed by atoms with Crippen molar-refractivity contribution in [1.82, 2.24) is 9.80 Å². The largest absolute Gasteiger partial charge is 0.497 e. The van der Waals surface area contributed by atoms with Gasteiger partial charge in [-0.2, -0.15) is 0 Å². The van der Waals surface area contributed by atoms with E-state index >= 15 is 0 Å². The minimum absolute atomic E-state index is 0.0369. The SMILES string of the molecule is COc1cccc(C(=O)N2CCN(C(=O)c3ccc(Cl)cc3)CC2)c1. The fourth-order valence-corrected chi connectivity index (χ4v) is 2.95. The molecule has 6 heteroatoms. The van der Waals surface area contributed by atoms with Crippen LogP contribution in [0.5, 0.6) is 5.75 Å². The van der Waals surface area contributed by atoms with Gasteiger partial charge in [-0.05, 0) is 42.5 Å². The molecule has 1 aliphatic heterocycles. The highest BCUT2D eigenvalue weighted by atomic mass is 35.5. The second-order valence-electron chi connectivity index (χ2n) is 5.82. The maximum Gasteiger partial charge on any atom is 0.254 e. The van der Waals surface area contributed by atoms with Gasteiger partial charge in [0.2, 0.25) is 0 Å². The van der Waals surface area contributed by atoms with E-state index in [1.165, 1.54) is 0 Å². The van der Waals surface area contributed by atoms with E-state index in [0.717, 1.165) is 0 Å². The van der Waals surface area contributed by atoms with Gasteiger partial charge in [0.05, 0.1) is 7.11 Å². The first-order chi connectivity index (χ1) is 12.1. The van der Waals surface area contributed by atoms with Gasteiger partial charge in [0.25, 0.3) is 11.8 Å². The van der Waals surface area contributed by atoms with Gasteiger partial charge < -0.3 is 14.5 Å². The number of rotatable bonds is 3. The molecule has 0 atom stereocenters. The first-order valence-electron chi connectivity index (χ1n) is 8.06. The highest BCUT2D eigenvalue weighted by Gasteiger charge is 2.25. The smallest absolute Gasteiger partial charge is 0.254 e. The quantitative estimate of drug-likeness (QED) is 0.847. The van der Waals surface area contributed by atoms with Gasteiger partial charge in [0.15, 0.2) is 0 Å². The van der Waals surface area contributed by atoms with Crippen molar-refractivity contribution in [2.24, 2.45) is 0 Å². The van der Waals surface area contributed by atoms with E-state index in [-0.39, 0.29) is 11.8 Å². The van der Waals surface area contributed by atoms with Gasteiger partial charge in [0.1, 0.15) is 5.75 Å². The Bertz CT molecular complexity index is 768. The summed E-state index contributed by atoms with van der Waals surface area (Å²) < 4.78 is 5.17. The summed E-state index contributed by atoms with van der Waals surface area (Å²) in [6.45, 7) is 2.04. The maximum absolute atomic E-state index is 12.6. The van der Waals surface area contributed by atoms with E-state index in [1.54, 1.807) is 65.4 Å². The molecule has 1 aliphatic rings. The van der Waals surface area contributed by atoms with Gasteiger partial charge in [-0.3, -0.25) is 9.59 Å². The molecule has 2 aromatic carbocycles. The molecule has 2 amide bonds. The molecule has 0 saturated carbocycles. The number of carbonyl (C=O) groups excluding carboxylic acids is 2. The summed E-state index contributed by atoms with van der Waals surface area (Å²) in [4.78, 5) is 28.6. The second-order valence-corrected chi connectivity index (χ2v) is 6.26. The van der Waals surface area contributed by atoms with E-state index in [0.29, 0.717) is 48.1 Å². The normalized spacial score (nSPS) is 14.3. The van der Waals surface area contributed by atoms with Crippen LogP contribution in [0.25, 0.3) is 0 Å². The molecule has 0 radical (unpaired) electrons. The summed E-state index contributed by atoms with van der Waals surface area (Å²) in [5, 5.41) is 0.602. The van der Waals surface area contributed by atoms with Crippen molar-refractivity contribution < 1.29 is 14.3 Å². The van der Waals surface area contributed by atoms with Crippen LogP contribution in [-0.2, 0) is 0 Å². The van der Waals surface area contributed by atoms with Crippen LogP contribution >= 0.6 is 11.6 Å². The number of amides is 2. The second kappa shape index (κ2) is 7.57. The Morgan fingerprint density at radius 3 is 2.00 bits per heavy atom. The van der Waals surface area contributed by atoms with E-state index < -0.39 is 0 Å². The minimum atomic E-state index is -0.0440. The fourth-order valence-electron chi connectivity index (χ4n) is 2.83. The monoisotopic (exact) mass is 358 g/mol. The summed E-state index contributed by atoms with van der Waals surface area (Å²) in [7, 11) is 1.57. The number of hydrogen-bond acceptors (Lipinski definition) is 3. The Labute approximate surface area is 151 Å². The van der Waals surface area contributed by atoms with Gasteiger partial charge in [0, 0.05) is 42.3 Å². The van der Waals surface area contributed by atoms with E-state index in [2.05, 4.69) is 0 Å². The first kappa shape index (κ1) is 17.3. The predicted molar refractivity (Wildman–Crippen MR) is 96.3 cm³/mol. The summed E-state index contributed by atoms with van der Waals surface area (Å²) in [6, 6.07) is 14.0. The van der Waals surface area contributed by atoms with Crippen LogP contribution in [0.15, 0.2) is 48.5 Å². The third-order valence-corrected chi connectivity index (χ3v) is 4.51. The molecule has 2 aromatic rings. The molecule has 0 N–H and O–H groups in total. The molecule has 130 valence electrons. The van der Waals surface area contributed by atoms with Gasteiger partial charge >= 0.3 is 0 Å². The number of ether oxygens (including phenoxy) is 1. The van der Waals surface area contributed by atoms with Crippen LogP contribution in [0, 0.1) is 0 Å². The number of methoxy groups -OCH3 is 1. The van der Waals surface area contributed by atoms with Gasteiger partial charge in [-0.1, -0.05) is 17.7 Å². The van der Waals surface area contributed by atoms with Crippen molar-refractivity contribution >= 4 is 23.4 Å². The highest BCUT2D eigenvalue weighted by Crippen LogP contribution is 2.17. The number of hydrogen-bond donors (Lipinski definition) is 0. The summed E-state index contributed by atoms with van der Waals surface area (Å²) in [5.41, 5.74) is 1.20. The fraction of sp³-hybridized carbons (Fsp3) is 0.263. The number of halogens is 1. The molecular formula is C19H19ClN2O3. The zero-order valence-corrected chi connectivity index (χ0v) is 14.7. The summed E-state index contributed by atoms with van der Waals surface area (Å²) in [6.07, 6.45) is 0. The third-order valence-electron chi connectivity index (χ3n) is 4.26. The Morgan fingerprint density at radius 1 is 0.880 bits per heavy atom. The molecule has 3 rings (SSSR count). The third kappa shape index (κ3) is 3.94. The average molecular weight is 359 g/mol. The number of benzene rings is 2. The zero-order chi connectivity index (χ0) is 17.8. The van der Waals surface area contributed by atoms with Crippen molar-refractivity contribution in [2.75, 3.05) is 33.3 Å². The minimum Gasteiger partial charge on any atom is -0.497 e. The Balaban J connectivity index is 1.62. The molecule has 25 heavy (non-hydrogen) atoms. The average Bonchev–Trinajstić information content (AvgIpc) is 2.67. The van der Waals surface area contributed by atoms with E-state index in [4.69, 9.17) is 16.3 Å². The van der Waals surface area contributed by atoms with Crippen molar-refractivity contribution in [3.05, 3.63) is 64.7 Å². The number of piperazine rings is 1. The molecule has 0 aromatic heterocycles.